The van der Waals surface area contributed by atoms with Gasteiger partial charge in [-0.1, -0.05) is 0 Å². The Labute approximate surface area is 136 Å². The van der Waals surface area contributed by atoms with Crippen LogP contribution in [-0.2, 0) is 9.47 Å². The third kappa shape index (κ3) is 3.62. The van der Waals surface area contributed by atoms with E-state index in [1.165, 1.54) is 17.4 Å². The number of carbonyl (C=O) groups is 1. The molecule has 1 aromatic rings. The van der Waals surface area contributed by atoms with Crippen molar-refractivity contribution in [2.75, 3.05) is 31.2 Å². The van der Waals surface area contributed by atoms with Crippen molar-refractivity contribution in [3.8, 4) is 0 Å². The lowest BCUT2D eigenvalue weighted by Crippen LogP contribution is -2.48. The number of hydrogen-bond acceptors (Lipinski definition) is 8. The highest BCUT2D eigenvalue weighted by atomic mass is 19.1. The molecule has 10 heteroatoms. The maximum atomic E-state index is 14.2. The number of piperidine rings is 1. The third-order valence-corrected chi connectivity index (χ3v) is 4.02. The average molecular weight is 343 g/mol. The number of halogens is 1. The van der Waals surface area contributed by atoms with Gasteiger partial charge in [-0.05, 0) is 12.1 Å². The van der Waals surface area contributed by atoms with Gasteiger partial charge >= 0.3 is 6.10 Å². The molecule has 9 nitrogen and oxygen atoms in total. The van der Waals surface area contributed by atoms with Crippen LogP contribution in [0.25, 0.3) is 0 Å². The summed E-state index contributed by atoms with van der Waals surface area (Å²) in [6.45, 7) is 2.14. The number of ether oxygens (including phenoxy) is 2. The number of nitrogens with zero attached hydrogens (tertiary/aromatic N) is 2. The minimum atomic E-state index is -3.39. The lowest BCUT2D eigenvalue weighted by Gasteiger charge is -2.38. The van der Waals surface area contributed by atoms with Gasteiger partial charge in [0.05, 0.1) is 18.9 Å². The summed E-state index contributed by atoms with van der Waals surface area (Å²) in [7, 11) is 0. The van der Waals surface area contributed by atoms with Crippen molar-refractivity contribution in [2.45, 2.75) is 24.7 Å². The van der Waals surface area contributed by atoms with Gasteiger partial charge in [-0.2, -0.15) is 4.39 Å². The second kappa shape index (κ2) is 6.22. The molecule has 1 spiro atoms. The fourth-order valence-corrected chi connectivity index (χ4v) is 2.88. The third-order valence-electron chi connectivity index (χ3n) is 4.02. The zero-order valence-electron chi connectivity index (χ0n) is 12.7. The molecule has 0 bridgehead atoms. The molecule has 3 heterocycles. The monoisotopic (exact) mass is 343 g/mol. The van der Waals surface area contributed by atoms with Gasteiger partial charge in [-0.15, -0.1) is 0 Å². The van der Waals surface area contributed by atoms with Gasteiger partial charge in [0.15, 0.2) is 5.79 Å². The van der Waals surface area contributed by atoms with Crippen LogP contribution in [0.1, 0.15) is 23.3 Å². The van der Waals surface area contributed by atoms with Crippen molar-refractivity contribution >= 4 is 11.6 Å². The highest BCUT2D eigenvalue weighted by molar-refractivity contribution is 5.92. The summed E-state index contributed by atoms with van der Waals surface area (Å²) in [4.78, 5) is 16.9. The van der Waals surface area contributed by atoms with E-state index in [1.54, 1.807) is 4.90 Å². The Morgan fingerprint density at radius 3 is 2.42 bits per heavy atom. The molecule has 1 aromatic heterocycles. The highest BCUT2D eigenvalue weighted by Gasteiger charge is 2.40. The molecule has 1 amide bonds. The van der Waals surface area contributed by atoms with E-state index in [0.29, 0.717) is 39.1 Å². The van der Waals surface area contributed by atoms with E-state index < -0.39 is 29.4 Å². The van der Waals surface area contributed by atoms with Crippen LogP contribution in [0.5, 0.6) is 0 Å². The quantitative estimate of drug-likeness (QED) is 0.402. The summed E-state index contributed by atoms with van der Waals surface area (Å²) >= 11 is 0. The lowest BCUT2D eigenvalue weighted by molar-refractivity contribution is -0.323. The number of carbonyl (C=O) groups excluding carboxylic acids is 1. The average Bonchev–Trinajstić information content (AvgIpc) is 2.95. The molecule has 0 saturated carbocycles. The molecule has 2 aliphatic rings. The highest BCUT2D eigenvalue weighted by Crippen LogP contribution is 2.33. The van der Waals surface area contributed by atoms with Crippen molar-refractivity contribution in [3.05, 3.63) is 23.8 Å². The van der Waals surface area contributed by atoms with Gasteiger partial charge < -0.3 is 29.7 Å². The van der Waals surface area contributed by atoms with Crippen molar-refractivity contribution in [1.29, 1.82) is 0 Å². The van der Waals surface area contributed by atoms with Gasteiger partial charge in [0.2, 0.25) is 5.95 Å². The number of amides is 1. The molecule has 0 aromatic carbocycles. The summed E-state index contributed by atoms with van der Waals surface area (Å²) in [5, 5.41) is 27.6. The van der Waals surface area contributed by atoms with Crippen molar-refractivity contribution in [2.24, 2.45) is 0 Å². The normalized spacial score (nSPS) is 20.4. The Balaban J connectivity index is 1.68. The second-order valence-electron chi connectivity index (χ2n) is 5.69. The minimum Gasteiger partial charge on any atom is -0.367 e. The van der Waals surface area contributed by atoms with Crippen LogP contribution in [0.3, 0.4) is 0 Å². The van der Waals surface area contributed by atoms with Gasteiger partial charge in [0, 0.05) is 25.9 Å². The van der Waals surface area contributed by atoms with Gasteiger partial charge in [-0.3, -0.25) is 10.1 Å². The predicted octanol–water partition coefficient (Wildman–Crippen LogP) is -1.12. The number of nitrogens with one attached hydrogen (secondary N) is 1. The summed E-state index contributed by atoms with van der Waals surface area (Å²) in [5.41, 5.74) is -0.170. The first-order chi connectivity index (χ1) is 11.3. The van der Waals surface area contributed by atoms with Gasteiger partial charge in [-0.25, -0.2) is 4.98 Å². The predicted molar refractivity (Wildman–Crippen MR) is 77.1 cm³/mol. The first kappa shape index (κ1) is 17.0. The minimum absolute atomic E-state index is 0.225. The van der Waals surface area contributed by atoms with Crippen LogP contribution in [-0.4, -0.2) is 64.4 Å². The van der Waals surface area contributed by atoms with Crippen LogP contribution in [0, 0.1) is 5.95 Å². The smallest absolute Gasteiger partial charge is 0.367 e. The fourth-order valence-electron chi connectivity index (χ4n) is 2.88. The van der Waals surface area contributed by atoms with Crippen LogP contribution in [0.15, 0.2) is 12.1 Å². The maximum Gasteiger partial charge on any atom is 0.369 e. The topological polar surface area (TPSA) is 124 Å². The first-order valence-corrected chi connectivity index (χ1v) is 7.47. The zero-order chi connectivity index (χ0) is 17.4. The summed E-state index contributed by atoms with van der Waals surface area (Å²) in [5.74, 6) is -2.57. The molecule has 3 rings (SSSR count). The van der Waals surface area contributed by atoms with Crippen LogP contribution in [0.4, 0.5) is 10.1 Å². The number of aromatic nitrogens is 1. The molecule has 0 aliphatic carbocycles. The van der Waals surface area contributed by atoms with Crippen LogP contribution in [0.2, 0.25) is 0 Å². The van der Waals surface area contributed by atoms with E-state index in [-0.39, 0.29) is 5.69 Å². The van der Waals surface area contributed by atoms with E-state index in [2.05, 4.69) is 4.98 Å². The molecule has 132 valence electrons. The molecule has 2 saturated heterocycles. The number of pyridine rings is 1. The SMILES string of the molecule is O=C(NC(O)(O)O)c1ccc(N2CCC3(CC2)OCCO3)c(F)n1. The second-order valence-corrected chi connectivity index (χ2v) is 5.69. The Morgan fingerprint density at radius 2 is 1.88 bits per heavy atom. The molecular formula is C14H18FN3O6. The van der Waals surface area contributed by atoms with Gasteiger partial charge in [0.1, 0.15) is 5.69 Å². The Hall–Kier alpha value is -1.85. The molecule has 0 unspecified atom stereocenters. The molecule has 24 heavy (non-hydrogen) atoms. The molecule has 2 aliphatic heterocycles. The van der Waals surface area contributed by atoms with Crippen molar-refractivity contribution in [3.63, 3.8) is 0 Å². The Kier molecular flexibility index (Phi) is 4.40. The fraction of sp³-hybridized carbons (Fsp3) is 0.571. The van der Waals surface area contributed by atoms with E-state index in [0.717, 1.165) is 0 Å². The molecule has 4 N–H and O–H groups in total. The van der Waals surface area contributed by atoms with E-state index >= 15 is 0 Å². The van der Waals surface area contributed by atoms with Crippen LogP contribution >= 0.6 is 0 Å². The van der Waals surface area contributed by atoms with Crippen molar-refractivity contribution in [1.82, 2.24) is 10.3 Å². The Bertz CT molecular complexity index is 619. The van der Waals surface area contributed by atoms with Crippen molar-refractivity contribution < 1.29 is 34.0 Å². The molecule has 2 fully saturated rings. The van der Waals surface area contributed by atoms with Gasteiger partial charge in [0.25, 0.3) is 5.91 Å². The molecular weight excluding hydrogens is 325 g/mol. The van der Waals surface area contributed by atoms with E-state index in [4.69, 9.17) is 24.8 Å². The zero-order valence-corrected chi connectivity index (χ0v) is 12.7. The number of aliphatic hydroxyl groups is 3. The van der Waals surface area contributed by atoms with Crippen LogP contribution < -0.4 is 10.2 Å². The maximum absolute atomic E-state index is 14.2. The Morgan fingerprint density at radius 1 is 1.25 bits per heavy atom. The molecule has 0 atom stereocenters. The van der Waals surface area contributed by atoms with E-state index in [9.17, 15) is 9.18 Å². The number of rotatable bonds is 3. The summed E-state index contributed by atoms with van der Waals surface area (Å²) < 4.78 is 25.4. The van der Waals surface area contributed by atoms with E-state index in [1.807, 2.05) is 0 Å². The summed E-state index contributed by atoms with van der Waals surface area (Å²) in [6, 6.07) is 2.60. The standard InChI is InChI=1S/C14H18FN3O6/c15-11-10(2-1-9(16-11)12(19)17-14(20,21)22)18-5-3-13(4-6-18)23-7-8-24-13/h1-2,20-22H,3-8H2,(H,17,19). The molecule has 0 radical (unpaired) electrons. The number of anilines is 1. The number of hydrogen-bond donors (Lipinski definition) is 4. The lowest BCUT2D eigenvalue weighted by atomic mass is 10.0. The first-order valence-electron chi connectivity index (χ1n) is 7.47. The largest absolute Gasteiger partial charge is 0.369 e. The summed E-state index contributed by atoms with van der Waals surface area (Å²) in [6.07, 6.45) is -2.20.